The molecule has 0 spiro atoms. The van der Waals surface area contributed by atoms with E-state index >= 15 is 0 Å². The number of ether oxygens (including phenoxy) is 8. The van der Waals surface area contributed by atoms with Crippen LogP contribution in [0.25, 0.3) is 22.3 Å². The van der Waals surface area contributed by atoms with Gasteiger partial charge in [-0.3, -0.25) is 9.59 Å². The summed E-state index contributed by atoms with van der Waals surface area (Å²) in [5.41, 5.74) is -1.22. The van der Waals surface area contributed by atoms with E-state index in [4.69, 9.17) is 42.3 Å². The quantitative estimate of drug-likeness (QED) is 0.0785. The monoisotopic (exact) mass is 812 g/mol. The summed E-state index contributed by atoms with van der Waals surface area (Å²) in [6.07, 6.45) is -24.5. The number of methoxy groups -OCH3 is 1. The smallest absolute Gasteiger partial charge is 0.303 e. The Morgan fingerprint density at radius 2 is 1.39 bits per heavy atom. The van der Waals surface area contributed by atoms with Gasteiger partial charge in [-0.1, -0.05) is 0 Å². The molecular formula is C36H44O21. The highest BCUT2D eigenvalue weighted by atomic mass is 16.8. The van der Waals surface area contributed by atoms with Gasteiger partial charge in [-0.05, 0) is 32.0 Å². The van der Waals surface area contributed by atoms with E-state index in [0.29, 0.717) is 0 Å². The van der Waals surface area contributed by atoms with Crippen molar-refractivity contribution >= 4 is 16.9 Å². The van der Waals surface area contributed by atoms with Gasteiger partial charge < -0.3 is 93.4 Å². The molecule has 10 N–H and O–H groups in total. The van der Waals surface area contributed by atoms with Gasteiger partial charge in [-0.15, -0.1) is 0 Å². The maximum Gasteiger partial charge on any atom is 0.303 e. The summed E-state index contributed by atoms with van der Waals surface area (Å²) in [4.78, 5) is 25.9. The fourth-order valence-electron chi connectivity index (χ4n) is 6.71. The van der Waals surface area contributed by atoms with Crippen LogP contribution in [0.3, 0.4) is 0 Å². The maximum atomic E-state index is 13.9. The molecule has 1 aromatic heterocycles. The van der Waals surface area contributed by atoms with Crippen molar-refractivity contribution in [2.45, 2.75) is 113 Å². The van der Waals surface area contributed by atoms with Crippen LogP contribution >= 0.6 is 0 Å². The third-order valence-corrected chi connectivity index (χ3v) is 9.86. The van der Waals surface area contributed by atoms with Gasteiger partial charge in [0, 0.05) is 24.6 Å². The van der Waals surface area contributed by atoms with Crippen molar-refractivity contribution in [1.82, 2.24) is 0 Å². The lowest BCUT2D eigenvalue weighted by Gasteiger charge is -2.46. The number of fused-ring (bicyclic) bond motifs is 1. The molecule has 4 heterocycles. The first-order valence-electron chi connectivity index (χ1n) is 17.7. The Balaban J connectivity index is 1.26. The van der Waals surface area contributed by atoms with E-state index in [1.807, 2.05) is 0 Å². The Bertz CT molecular complexity index is 1970. The number of hydrogen-bond donors (Lipinski definition) is 10. The van der Waals surface area contributed by atoms with Crippen molar-refractivity contribution in [2.75, 3.05) is 13.7 Å². The average Bonchev–Trinajstić information content (AvgIpc) is 3.16. The molecule has 3 aromatic rings. The zero-order valence-electron chi connectivity index (χ0n) is 30.7. The molecule has 21 nitrogen and oxygen atoms in total. The number of aliphatic hydroxyl groups is 7. The van der Waals surface area contributed by atoms with Crippen molar-refractivity contribution in [3.8, 4) is 40.1 Å². The van der Waals surface area contributed by atoms with Crippen molar-refractivity contribution < 1.29 is 98.2 Å². The Morgan fingerprint density at radius 3 is 2.05 bits per heavy atom. The minimum absolute atomic E-state index is 0.0277. The molecule has 0 amide bonds. The van der Waals surface area contributed by atoms with Gasteiger partial charge in [0.2, 0.25) is 17.5 Å². The van der Waals surface area contributed by atoms with Gasteiger partial charge in [0.25, 0.3) is 0 Å². The van der Waals surface area contributed by atoms with Crippen LogP contribution in [-0.4, -0.2) is 163 Å². The SMILES string of the molecule is COc1cc(O)c2c(=O)c(O[C@@H]3O[C@@H](CO[C@@H]4O[C@@H](C)[C@H](OC(C)=O)[C@H](O[C@@H]5O[C@@H](C)[C@H](O)[C@H](O)[C@@H]5O)[C@@H]4O)[C@H](O)[C@H](O)[C@@H]3O)c(-c3ccc(O)c(O)c3)oc2c1. The van der Waals surface area contributed by atoms with Crippen LogP contribution in [0.4, 0.5) is 0 Å². The van der Waals surface area contributed by atoms with Crippen LogP contribution < -0.4 is 14.9 Å². The number of carbonyl (C=O) groups is 1. The van der Waals surface area contributed by atoms with E-state index in [1.54, 1.807) is 0 Å². The molecular weight excluding hydrogens is 768 g/mol. The normalized spacial score (nSPS) is 35.8. The first-order chi connectivity index (χ1) is 26.9. The highest BCUT2D eigenvalue weighted by Crippen LogP contribution is 2.40. The predicted molar refractivity (Wildman–Crippen MR) is 186 cm³/mol. The molecule has 6 rings (SSSR count). The second kappa shape index (κ2) is 16.9. The molecule has 3 aliphatic rings. The zero-order chi connectivity index (χ0) is 41.6. The number of hydrogen-bond acceptors (Lipinski definition) is 21. The van der Waals surface area contributed by atoms with Crippen molar-refractivity contribution in [1.29, 1.82) is 0 Å². The molecule has 2 aromatic carbocycles. The average molecular weight is 813 g/mol. The lowest BCUT2D eigenvalue weighted by atomic mass is 9.97. The van der Waals surface area contributed by atoms with E-state index in [0.717, 1.165) is 25.1 Å². The summed E-state index contributed by atoms with van der Waals surface area (Å²) in [6, 6.07) is 5.79. The second-order valence-electron chi connectivity index (χ2n) is 13.8. The highest BCUT2D eigenvalue weighted by Gasteiger charge is 2.52. The number of carbonyl (C=O) groups excluding carboxylic acids is 1. The van der Waals surface area contributed by atoms with Gasteiger partial charge in [-0.25, -0.2) is 0 Å². The molecule has 0 saturated carbocycles. The number of esters is 1. The highest BCUT2D eigenvalue weighted by molar-refractivity contribution is 5.88. The number of benzene rings is 2. The number of phenols is 3. The number of aliphatic hydroxyl groups excluding tert-OH is 7. The molecule has 3 saturated heterocycles. The zero-order valence-corrected chi connectivity index (χ0v) is 30.7. The molecule has 0 bridgehead atoms. The van der Waals surface area contributed by atoms with E-state index in [-0.39, 0.29) is 22.7 Å². The topological polar surface area (TPSA) is 323 Å². The molecule has 0 aliphatic carbocycles. The van der Waals surface area contributed by atoms with Crippen molar-refractivity contribution in [2.24, 2.45) is 0 Å². The van der Waals surface area contributed by atoms with Crippen LogP contribution in [0.1, 0.15) is 20.8 Å². The molecule has 0 unspecified atom stereocenters. The summed E-state index contributed by atoms with van der Waals surface area (Å²) in [6.45, 7) is 3.22. The van der Waals surface area contributed by atoms with Gasteiger partial charge in [0.05, 0.1) is 25.9 Å². The summed E-state index contributed by atoms with van der Waals surface area (Å²) >= 11 is 0. The molecule has 314 valence electrons. The fraction of sp³-hybridized carbons (Fsp3) is 0.556. The van der Waals surface area contributed by atoms with Crippen LogP contribution in [0.2, 0.25) is 0 Å². The number of rotatable bonds is 10. The maximum absolute atomic E-state index is 13.9. The van der Waals surface area contributed by atoms with E-state index in [9.17, 15) is 60.7 Å². The minimum Gasteiger partial charge on any atom is -0.507 e. The fourth-order valence-corrected chi connectivity index (χ4v) is 6.71. The van der Waals surface area contributed by atoms with Crippen LogP contribution in [0, 0.1) is 0 Å². The Labute approximate surface area is 322 Å². The largest absolute Gasteiger partial charge is 0.507 e. The third-order valence-electron chi connectivity index (χ3n) is 9.86. The van der Waals surface area contributed by atoms with Gasteiger partial charge in [0.15, 0.2) is 35.9 Å². The first-order valence-corrected chi connectivity index (χ1v) is 17.7. The lowest BCUT2D eigenvalue weighted by Crippen LogP contribution is -2.64. The Kier molecular flexibility index (Phi) is 12.5. The number of phenolic OH excluding ortho intramolecular Hbond substituents is 3. The standard InChI is InChI=1S/C36H44O21/c1-11-22(41)25(44)27(46)35(51-11)57-33-29(48)34(52-12(2)30(33)53-13(3)37)50-10-20-23(42)26(45)28(47)36(55-20)56-32-24(43)21-18(40)8-15(49-4)9-19(21)54-31(32)14-5-6-16(38)17(39)7-14/h5-9,11-12,20,22-23,25-30,33-36,38-42,44-48H,10H2,1-4H3/t11-,12-,20-,22-,23-,25-,26-,27-,28-,29-,30-,33+,34+,35-,36-/m0/s1. The van der Waals surface area contributed by atoms with E-state index in [2.05, 4.69) is 0 Å². The molecule has 57 heavy (non-hydrogen) atoms. The van der Waals surface area contributed by atoms with Crippen LogP contribution in [-0.2, 0) is 33.2 Å². The summed E-state index contributed by atoms with van der Waals surface area (Å²) < 4.78 is 50.8. The molecule has 15 atom stereocenters. The van der Waals surface area contributed by atoms with Crippen molar-refractivity contribution in [3.05, 3.63) is 40.6 Å². The second-order valence-corrected chi connectivity index (χ2v) is 13.8. The Hall–Kier alpha value is -4.36. The molecule has 3 aliphatic heterocycles. The summed E-state index contributed by atoms with van der Waals surface area (Å²) in [7, 11) is 1.31. The van der Waals surface area contributed by atoms with E-state index in [1.165, 1.54) is 33.1 Å². The first kappa shape index (κ1) is 42.3. The number of aromatic hydroxyl groups is 3. The molecule has 21 heteroatoms. The third kappa shape index (κ3) is 8.32. The van der Waals surface area contributed by atoms with Crippen LogP contribution in [0.5, 0.6) is 28.7 Å². The van der Waals surface area contributed by atoms with Gasteiger partial charge >= 0.3 is 5.97 Å². The lowest BCUT2D eigenvalue weighted by molar-refractivity contribution is -0.359. The predicted octanol–water partition coefficient (Wildman–Crippen LogP) is -1.96. The van der Waals surface area contributed by atoms with Crippen molar-refractivity contribution in [3.63, 3.8) is 0 Å². The Morgan fingerprint density at radius 1 is 0.719 bits per heavy atom. The minimum atomic E-state index is -2.03. The van der Waals surface area contributed by atoms with E-state index < -0.39 is 139 Å². The molecule has 3 fully saturated rings. The van der Waals surface area contributed by atoms with Crippen LogP contribution in [0.15, 0.2) is 39.5 Å². The summed E-state index contributed by atoms with van der Waals surface area (Å²) in [5, 5.41) is 105. The molecule has 0 radical (unpaired) electrons. The van der Waals surface area contributed by atoms with Gasteiger partial charge in [0.1, 0.15) is 77.4 Å². The van der Waals surface area contributed by atoms with Gasteiger partial charge in [-0.2, -0.15) is 0 Å². The summed E-state index contributed by atoms with van der Waals surface area (Å²) in [5.74, 6) is -3.47.